The maximum atomic E-state index is 12.2. The molecule has 2 unspecified atom stereocenters. The number of hydrogen-bond donors (Lipinski definition) is 0. The lowest BCUT2D eigenvalue weighted by atomic mass is 10.0. The highest BCUT2D eigenvalue weighted by atomic mass is 16.2. The van der Waals surface area contributed by atoms with E-state index >= 15 is 0 Å². The Labute approximate surface area is 119 Å². The molecular formula is C16H21N3O. The molecule has 106 valence electrons. The number of aromatic nitrogens is 2. The molecule has 1 aromatic carbocycles. The van der Waals surface area contributed by atoms with E-state index in [1.165, 1.54) is 0 Å². The molecule has 1 amide bonds. The second kappa shape index (κ2) is 5.27. The van der Waals surface area contributed by atoms with Gasteiger partial charge in [0.2, 0.25) is 5.91 Å². The molecule has 2 aromatic rings. The number of fused-ring (bicyclic) bond motifs is 1. The molecule has 1 aliphatic heterocycles. The number of likely N-dealkylation sites (tertiary alicyclic amines) is 1. The van der Waals surface area contributed by atoms with E-state index in [1.54, 1.807) is 0 Å². The minimum Gasteiger partial charge on any atom is -0.322 e. The average Bonchev–Trinajstić information content (AvgIpc) is 3.02. The first kappa shape index (κ1) is 13.2. The van der Waals surface area contributed by atoms with Gasteiger partial charge in [-0.3, -0.25) is 4.79 Å². The van der Waals surface area contributed by atoms with Crippen molar-refractivity contribution in [2.45, 2.75) is 39.3 Å². The molecule has 2 atom stereocenters. The van der Waals surface area contributed by atoms with Crippen LogP contribution in [0, 0.1) is 5.92 Å². The van der Waals surface area contributed by atoms with Crippen LogP contribution in [0.4, 0.5) is 0 Å². The van der Waals surface area contributed by atoms with Crippen molar-refractivity contribution in [3.05, 3.63) is 30.6 Å². The van der Waals surface area contributed by atoms with Crippen molar-refractivity contribution in [3.8, 4) is 0 Å². The number of carbonyl (C=O) groups is 1. The van der Waals surface area contributed by atoms with Gasteiger partial charge in [0.25, 0.3) is 0 Å². The van der Waals surface area contributed by atoms with Crippen molar-refractivity contribution < 1.29 is 4.79 Å². The van der Waals surface area contributed by atoms with Crippen LogP contribution in [0.15, 0.2) is 30.6 Å². The first-order chi connectivity index (χ1) is 9.70. The second-order valence-electron chi connectivity index (χ2n) is 5.68. The fourth-order valence-electron chi connectivity index (χ4n) is 3.20. The molecule has 4 nitrogen and oxygen atoms in total. The molecule has 0 aliphatic carbocycles. The van der Waals surface area contributed by atoms with Crippen LogP contribution in [0.5, 0.6) is 0 Å². The average molecular weight is 271 g/mol. The van der Waals surface area contributed by atoms with Crippen LogP contribution in [-0.2, 0) is 4.79 Å². The molecule has 20 heavy (non-hydrogen) atoms. The van der Waals surface area contributed by atoms with E-state index in [0.717, 1.165) is 30.4 Å². The van der Waals surface area contributed by atoms with Crippen LogP contribution in [0.2, 0.25) is 0 Å². The third kappa shape index (κ3) is 2.19. The highest BCUT2D eigenvalue weighted by Gasteiger charge is 2.32. The number of imidazole rings is 1. The van der Waals surface area contributed by atoms with Crippen LogP contribution in [0.3, 0.4) is 0 Å². The minimum atomic E-state index is 0.0387. The molecule has 3 rings (SSSR count). The monoisotopic (exact) mass is 271 g/mol. The molecule has 0 N–H and O–H groups in total. The Kier molecular flexibility index (Phi) is 3.47. The van der Waals surface area contributed by atoms with Crippen molar-refractivity contribution in [2.24, 2.45) is 5.92 Å². The standard InChI is InChI=1S/C16H21N3O/c1-3-6-13-9-16(20)18(10-13)12(2)19-11-17-14-7-4-5-8-15(14)19/h4-5,7-8,11-13H,3,6,9-10H2,1-2H3. The van der Waals surface area contributed by atoms with Gasteiger partial charge in [0, 0.05) is 13.0 Å². The first-order valence-corrected chi connectivity index (χ1v) is 7.41. The predicted molar refractivity (Wildman–Crippen MR) is 79.2 cm³/mol. The molecule has 1 saturated heterocycles. The molecule has 2 heterocycles. The number of carbonyl (C=O) groups excluding carboxylic acids is 1. The van der Waals surface area contributed by atoms with E-state index in [4.69, 9.17) is 0 Å². The fourth-order valence-corrected chi connectivity index (χ4v) is 3.20. The molecule has 0 saturated carbocycles. The topological polar surface area (TPSA) is 38.1 Å². The van der Waals surface area contributed by atoms with Crippen LogP contribution in [0.25, 0.3) is 11.0 Å². The molecule has 1 aromatic heterocycles. The summed E-state index contributed by atoms with van der Waals surface area (Å²) in [5.74, 6) is 0.790. The summed E-state index contributed by atoms with van der Waals surface area (Å²) in [6, 6.07) is 8.06. The Balaban J connectivity index is 1.85. The maximum Gasteiger partial charge on any atom is 0.224 e. The molecule has 1 fully saturated rings. The van der Waals surface area contributed by atoms with Crippen molar-refractivity contribution in [2.75, 3.05) is 6.54 Å². The van der Waals surface area contributed by atoms with E-state index in [0.29, 0.717) is 12.3 Å². The van der Waals surface area contributed by atoms with Gasteiger partial charge in [-0.05, 0) is 31.4 Å². The number of hydrogen-bond acceptors (Lipinski definition) is 2. The Hall–Kier alpha value is -1.84. The number of para-hydroxylation sites is 2. The quantitative estimate of drug-likeness (QED) is 0.856. The van der Waals surface area contributed by atoms with E-state index in [2.05, 4.69) is 29.5 Å². The zero-order chi connectivity index (χ0) is 14.1. The van der Waals surface area contributed by atoms with Gasteiger partial charge in [0.05, 0.1) is 17.4 Å². The van der Waals surface area contributed by atoms with Crippen LogP contribution >= 0.6 is 0 Å². The van der Waals surface area contributed by atoms with Crippen molar-refractivity contribution in [3.63, 3.8) is 0 Å². The normalized spacial score (nSPS) is 20.8. The summed E-state index contributed by atoms with van der Waals surface area (Å²) in [6.07, 6.45) is 4.87. The lowest BCUT2D eigenvalue weighted by molar-refractivity contribution is -0.130. The SMILES string of the molecule is CCCC1CC(=O)N(C(C)n2cnc3ccccc32)C1. The summed E-state index contributed by atoms with van der Waals surface area (Å²) in [6.45, 7) is 5.14. The number of amides is 1. The number of nitrogens with zero attached hydrogens (tertiary/aromatic N) is 3. The lowest BCUT2D eigenvalue weighted by Crippen LogP contribution is -2.31. The molecule has 0 radical (unpaired) electrons. The Morgan fingerprint density at radius 2 is 2.20 bits per heavy atom. The molecular weight excluding hydrogens is 250 g/mol. The Morgan fingerprint density at radius 3 is 3.00 bits per heavy atom. The smallest absolute Gasteiger partial charge is 0.224 e. The van der Waals surface area contributed by atoms with E-state index < -0.39 is 0 Å². The van der Waals surface area contributed by atoms with Gasteiger partial charge in [0.1, 0.15) is 6.17 Å². The number of rotatable bonds is 4. The predicted octanol–water partition coefficient (Wildman–Crippen LogP) is 3.20. The van der Waals surface area contributed by atoms with Crippen LogP contribution in [-0.4, -0.2) is 26.9 Å². The van der Waals surface area contributed by atoms with Gasteiger partial charge in [-0.2, -0.15) is 0 Å². The first-order valence-electron chi connectivity index (χ1n) is 7.41. The summed E-state index contributed by atoms with van der Waals surface area (Å²) in [5, 5.41) is 0. The fraction of sp³-hybridized carbons (Fsp3) is 0.500. The summed E-state index contributed by atoms with van der Waals surface area (Å²) in [5.41, 5.74) is 2.07. The molecule has 0 bridgehead atoms. The second-order valence-corrected chi connectivity index (χ2v) is 5.68. The van der Waals surface area contributed by atoms with Gasteiger partial charge < -0.3 is 9.47 Å². The minimum absolute atomic E-state index is 0.0387. The summed E-state index contributed by atoms with van der Waals surface area (Å²) < 4.78 is 2.10. The molecule has 0 spiro atoms. The van der Waals surface area contributed by atoms with Crippen LogP contribution in [0.1, 0.15) is 39.3 Å². The largest absolute Gasteiger partial charge is 0.322 e. The summed E-state index contributed by atoms with van der Waals surface area (Å²) in [7, 11) is 0. The zero-order valence-electron chi connectivity index (χ0n) is 12.1. The van der Waals surface area contributed by atoms with E-state index in [9.17, 15) is 4.79 Å². The van der Waals surface area contributed by atoms with E-state index in [1.807, 2.05) is 29.4 Å². The molecule has 1 aliphatic rings. The van der Waals surface area contributed by atoms with Crippen molar-refractivity contribution in [1.82, 2.24) is 14.5 Å². The zero-order valence-corrected chi connectivity index (χ0v) is 12.1. The van der Waals surface area contributed by atoms with E-state index in [-0.39, 0.29) is 12.1 Å². The van der Waals surface area contributed by atoms with Gasteiger partial charge in [-0.1, -0.05) is 25.5 Å². The van der Waals surface area contributed by atoms with Gasteiger partial charge in [-0.15, -0.1) is 0 Å². The third-order valence-corrected chi connectivity index (χ3v) is 4.27. The van der Waals surface area contributed by atoms with Crippen LogP contribution < -0.4 is 0 Å². The third-order valence-electron chi connectivity index (χ3n) is 4.27. The summed E-state index contributed by atoms with van der Waals surface area (Å²) in [4.78, 5) is 18.6. The van der Waals surface area contributed by atoms with Gasteiger partial charge >= 0.3 is 0 Å². The highest BCUT2D eigenvalue weighted by Crippen LogP contribution is 2.29. The van der Waals surface area contributed by atoms with Crippen molar-refractivity contribution in [1.29, 1.82) is 0 Å². The Bertz CT molecular complexity index is 619. The van der Waals surface area contributed by atoms with Gasteiger partial charge in [0.15, 0.2) is 0 Å². The number of benzene rings is 1. The highest BCUT2D eigenvalue weighted by molar-refractivity contribution is 5.79. The van der Waals surface area contributed by atoms with Crippen molar-refractivity contribution >= 4 is 16.9 Å². The maximum absolute atomic E-state index is 12.2. The summed E-state index contributed by atoms with van der Waals surface area (Å²) >= 11 is 0. The Morgan fingerprint density at radius 1 is 1.40 bits per heavy atom. The lowest BCUT2D eigenvalue weighted by Gasteiger charge is -2.26. The van der Waals surface area contributed by atoms with Gasteiger partial charge in [-0.25, -0.2) is 4.98 Å². The molecule has 4 heteroatoms.